The van der Waals surface area contributed by atoms with Crippen LogP contribution in [0, 0.1) is 20.8 Å². The molecule has 1 fully saturated rings. The van der Waals surface area contributed by atoms with Crippen LogP contribution in [0.25, 0.3) is 6.08 Å². The molecule has 2 amide bonds. The first kappa shape index (κ1) is 21.3. The second-order valence-corrected chi connectivity index (χ2v) is 8.87. The van der Waals surface area contributed by atoms with Gasteiger partial charge in [-0.25, -0.2) is 0 Å². The van der Waals surface area contributed by atoms with E-state index in [0.29, 0.717) is 28.6 Å². The molecule has 4 nitrogen and oxygen atoms in total. The predicted octanol–water partition coefficient (Wildman–Crippen LogP) is 5.23. The van der Waals surface area contributed by atoms with Crippen molar-refractivity contribution in [2.45, 2.75) is 33.6 Å². The topological polar surface area (TPSA) is 49.4 Å². The molecule has 0 unspecified atom stereocenters. The third-order valence-corrected chi connectivity index (χ3v) is 6.20. The standard InChI is InChI=1S/C23H24N2O2S2/c1-15-6-9-18(10-7-15)14-20-22(27)25(23(28)29-20)12-4-5-21(26)24-19-11-8-16(2)17(3)13-19/h6-11,13-14H,4-5,12H2,1-3H3,(H,24,26)/b20-14-. The van der Waals surface area contributed by atoms with Gasteiger partial charge in [0.05, 0.1) is 4.91 Å². The minimum Gasteiger partial charge on any atom is -0.326 e. The van der Waals surface area contributed by atoms with Gasteiger partial charge in [-0.2, -0.15) is 0 Å². The number of carbonyl (C=O) groups excluding carboxylic acids is 2. The molecule has 3 rings (SSSR count). The van der Waals surface area contributed by atoms with Crippen molar-refractivity contribution in [2.24, 2.45) is 0 Å². The molecule has 150 valence electrons. The largest absolute Gasteiger partial charge is 0.326 e. The minimum atomic E-state index is -0.0878. The molecule has 1 aliphatic heterocycles. The van der Waals surface area contributed by atoms with Gasteiger partial charge < -0.3 is 5.32 Å². The Bertz CT molecular complexity index is 981. The lowest BCUT2D eigenvalue weighted by Crippen LogP contribution is -2.29. The summed E-state index contributed by atoms with van der Waals surface area (Å²) in [4.78, 5) is 27.1. The van der Waals surface area contributed by atoms with E-state index in [1.807, 2.05) is 69.3 Å². The first-order valence-corrected chi connectivity index (χ1v) is 10.7. The molecule has 0 aliphatic carbocycles. The number of nitrogens with zero attached hydrogens (tertiary/aromatic N) is 1. The first-order valence-electron chi connectivity index (χ1n) is 9.52. The minimum absolute atomic E-state index is 0.0612. The number of amides is 2. The molecule has 1 N–H and O–H groups in total. The van der Waals surface area contributed by atoms with Crippen LogP contribution >= 0.6 is 24.0 Å². The lowest BCUT2D eigenvalue weighted by Gasteiger charge is -2.14. The summed E-state index contributed by atoms with van der Waals surface area (Å²) in [6.45, 7) is 6.52. The van der Waals surface area contributed by atoms with Crippen LogP contribution in [-0.4, -0.2) is 27.6 Å². The van der Waals surface area contributed by atoms with Gasteiger partial charge in [-0.15, -0.1) is 0 Å². The van der Waals surface area contributed by atoms with Gasteiger partial charge >= 0.3 is 0 Å². The number of thiocarbonyl (C=S) groups is 1. The number of anilines is 1. The SMILES string of the molecule is Cc1ccc(/C=C2\SC(=S)N(CCCC(=O)Nc3ccc(C)c(C)c3)C2=O)cc1. The molecular formula is C23H24N2O2S2. The Morgan fingerprint density at radius 3 is 2.52 bits per heavy atom. The molecule has 0 bridgehead atoms. The second-order valence-electron chi connectivity index (χ2n) is 7.19. The summed E-state index contributed by atoms with van der Waals surface area (Å²) in [6.07, 6.45) is 2.76. The molecule has 6 heteroatoms. The maximum Gasteiger partial charge on any atom is 0.266 e. The molecule has 1 saturated heterocycles. The summed E-state index contributed by atoms with van der Waals surface area (Å²) in [6, 6.07) is 13.9. The van der Waals surface area contributed by atoms with Crippen LogP contribution in [0.5, 0.6) is 0 Å². The number of aryl methyl sites for hydroxylation is 3. The van der Waals surface area contributed by atoms with Crippen LogP contribution in [0.15, 0.2) is 47.4 Å². The third kappa shape index (κ3) is 5.55. The number of benzene rings is 2. The Kier molecular flexibility index (Phi) is 6.87. The number of hydrogen-bond acceptors (Lipinski definition) is 4. The fraction of sp³-hybridized carbons (Fsp3) is 0.261. The van der Waals surface area contributed by atoms with Crippen molar-refractivity contribution in [1.29, 1.82) is 0 Å². The smallest absolute Gasteiger partial charge is 0.266 e. The van der Waals surface area contributed by atoms with Gasteiger partial charge in [-0.1, -0.05) is 59.9 Å². The molecule has 0 aromatic heterocycles. The van der Waals surface area contributed by atoms with Crippen LogP contribution < -0.4 is 5.32 Å². The zero-order valence-corrected chi connectivity index (χ0v) is 18.5. The van der Waals surface area contributed by atoms with E-state index in [1.165, 1.54) is 22.9 Å². The molecule has 2 aromatic rings. The maximum atomic E-state index is 12.7. The highest BCUT2D eigenvalue weighted by molar-refractivity contribution is 8.26. The van der Waals surface area contributed by atoms with Gasteiger partial charge in [0.25, 0.3) is 5.91 Å². The monoisotopic (exact) mass is 424 g/mol. The highest BCUT2D eigenvalue weighted by Gasteiger charge is 2.31. The molecular weight excluding hydrogens is 400 g/mol. The predicted molar refractivity (Wildman–Crippen MR) is 125 cm³/mol. The number of carbonyl (C=O) groups is 2. The Balaban J connectivity index is 1.53. The van der Waals surface area contributed by atoms with Crippen molar-refractivity contribution in [3.8, 4) is 0 Å². The molecule has 0 atom stereocenters. The van der Waals surface area contributed by atoms with Crippen molar-refractivity contribution in [3.63, 3.8) is 0 Å². The van der Waals surface area contributed by atoms with Gasteiger partial charge in [0.15, 0.2) is 0 Å². The highest BCUT2D eigenvalue weighted by atomic mass is 32.2. The second kappa shape index (κ2) is 9.37. The van der Waals surface area contributed by atoms with E-state index in [9.17, 15) is 9.59 Å². The Morgan fingerprint density at radius 1 is 1.10 bits per heavy atom. The van der Waals surface area contributed by atoms with Crippen molar-refractivity contribution in [2.75, 3.05) is 11.9 Å². The Morgan fingerprint density at radius 2 is 1.83 bits per heavy atom. The average molecular weight is 425 g/mol. The van der Waals surface area contributed by atoms with Gasteiger partial charge in [-0.05, 0) is 62.1 Å². The number of thioether (sulfide) groups is 1. The average Bonchev–Trinajstić information content (AvgIpc) is 2.94. The van der Waals surface area contributed by atoms with E-state index < -0.39 is 0 Å². The third-order valence-electron chi connectivity index (χ3n) is 4.82. The van der Waals surface area contributed by atoms with Crippen LogP contribution in [0.3, 0.4) is 0 Å². The summed E-state index contributed by atoms with van der Waals surface area (Å²) in [7, 11) is 0. The number of hydrogen-bond donors (Lipinski definition) is 1. The molecule has 1 heterocycles. The maximum absolute atomic E-state index is 12.7. The molecule has 0 radical (unpaired) electrons. The summed E-state index contributed by atoms with van der Waals surface area (Å²) in [5.74, 6) is -0.149. The fourth-order valence-corrected chi connectivity index (χ4v) is 4.26. The summed E-state index contributed by atoms with van der Waals surface area (Å²) in [5.41, 5.74) is 5.28. The summed E-state index contributed by atoms with van der Waals surface area (Å²) >= 11 is 6.68. The van der Waals surface area contributed by atoms with E-state index in [2.05, 4.69) is 5.32 Å². The Hall–Kier alpha value is -2.44. The Labute approximate surface area is 181 Å². The molecule has 0 saturated carbocycles. The van der Waals surface area contributed by atoms with Crippen LogP contribution in [0.4, 0.5) is 5.69 Å². The quantitative estimate of drug-likeness (QED) is 0.509. The van der Waals surface area contributed by atoms with E-state index in [0.717, 1.165) is 16.8 Å². The fourth-order valence-electron chi connectivity index (χ4n) is 2.95. The normalized spacial score (nSPS) is 15.3. The molecule has 0 spiro atoms. The lowest BCUT2D eigenvalue weighted by atomic mass is 10.1. The van der Waals surface area contributed by atoms with Crippen LogP contribution in [-0.2, 0) is 9.59 Å². The van der Waals surface area contributed by atoms with Gasteiger partial charge in [0.1, 0.15) is 4.32 Å². The van der Waals surface area contributed by atoms with Crippen molar-refractivity contribution >= 4 is 51.9 Å². The summed E-state index contributed by atoms with van der Waals surface area (Å²) in [5, 5.41) is 2.91. The van der Waals surface area contributed by atoms with Crippen LogP contribution in [0.1, 0.15) is 35.1 Å². The molecule has 29 heavy (non-hydrogen) atoms. The van der Waals surface area contributed by atoms with Crippen LogP contribution in [0.2, 0.25) is 0 Å². The lowest BCUT2D eigenvalue weighted by molar-refractivity contribution is -0.122. The van der Waals surface area contributed by atoms with Crippen molar-refractivity contribution in [3.05, 3.63) is 69.6 Å². The van der Waals surface area contributed by atoms with Crippen molar-refractivity contribution < 1.29 is 9.59 Å². The molecule has 1 aliphatic rings. The zero-order valence-electron chi connectivity index (χ0n) is 16.8. The zero-order chi connectivity index (χ0) is 21.0. The number of nitrogens with one attached hydrogen (secondary N) is 1. The van der Waals surface area contributed by atoms with Gasteiger partial charge in [-0.3, -0.25) is 14.5 Å². The van der Waals surface area contributed by atoms with E-state index in [-0.39, 0.29) is 11.8 Å². The molecule has 2 aromatic carbocycles. The van der Waals surface area contributed by atoms with Crippen molar-refractivity contribution in [1.82, 2.24) is 4.90 Å². The van der Waals surface area contributed by atoms with Gasteiger partial charge in [0.2, 0.25) is 5.91 Å². The van der Waals surface area contributed by atoms with E-state index in [1.54, 1.807) is 4.90 Å². The van der Waals surface area contributed by atoms with Gasteiger partial charge in [0, 0.05) is 18.7 Å². The summed E-state index contributed by atoms with van der Waals surface area (Å²) < 4.78 is 0.544. The van der Waals surface area contributed by atoms with E-state index in [4.69, 9.17) is 12.2 Å². The first-order chi connectivity index (χ1) is 13.8. The highest BCUT2D eigenvalue weighted by Crippen LogP contribution is 2.32. The van der Waals surface area contributed by atoms with E-state index >= 15 is 0 Å². The number of rotatable bonds is 6.